The Morgan fingerprint density at radius 1 is 1.37 bits per heavy atom. The van der Waals surface area contributed by atoms with Crippen molar-refractivity contribution >= 4 is 22.0 Å². The molecule has 4 heteroatoms. The molecular weight excluding hydrogens is 304 g/mol. The van der Waals surface area contributed by atoms with Gasteiger partial charge >= 0.3 is 6.03 Å². The third-order valence-corrected chi connectivity index (χ3v) is 3.72. The summed E-state index contributed by atoms with van der Waals surface area (Å²) >= 11 is 3.50. The number of hydrogen-bond acceptors (Lipinski definition) is 1. The van der Waals surface area contributed by atoms with Gasteiger partial charge in [-0.1, -0.05) is 48.0 Å². The largest absolute Gasteiger partial charge is 0.338 e. The van der Waals surface area contributed by atoms with Crippen LogP contribution in [0, 0.1) is 5.92 Å². The molecule has 0 heterocycles. The van der Waals surface area contributed by atoms with Crippen LogP contribution in [0.5, 0.6) is 0 Å². The van der Waals surface area contributed by atoms with Crippen LogP contribution in [0.15, 0.2) is 28.7 Å². The number of nitrogens with one attached hydrogen (secondary N) is 1. The molecule has 106 valence electrons. The van der Waals surface area contributed by atoms with Gasteiger partial charge in [-0.25, -0.2) is 4.79 Å². The Morgan fingerprint density at radius 3 is 2.68 bits per heavy atom. The van der Waals surface area contributed by atoms with Crippen LogP contribution in [0.25, 0.3) is 0 Å². The second kappa shape index (κ2) is 8.20. The maximum Gasteiger partial charge on any atom is 0.317 e. The highest BCUT2D eigenvalue weighted by atomic mass is 79.9. The first-order valence-electron chi connectivity index (χ1n) is 6.73. The van der Waals surface area contributed by atoms with E-state index in [0.29, 0.717) is 12.5 Å². The molecule has 19 heavy (non-hydrogen) atoms. The summed E-state index contributed by atoms with van der Waals surface area (Å²) in [5.41, 5.74) is 1.11. The summed E-state index contributed by atoms with van der Waals surface area (Å²) in [5.74, 6) is 0.690. The molecule has 0 aromatic heterocycles. The SMILES string of the molecule is CC(C)CCCNC(=O)N(C)Cc1ccccc1Br. The molecule has 1 rings (SSSR count). The molecule has 0 unspecified atom stereocenters. The lowest BCUT2D eigenvalue weighted by atomic mass is 10.1. The summed E-state index contributed by atoms with van der Waals surface area (Å²) in [7, 11) is 1.82. The Hall–Kier alpha value is -1.03. The lowest BCUT2D eigenvalue weighted by Crippen LogP contribution is -2.37. The number of hydrogen-bond donors (Lipinski definition) is 1. The molecule has 0 spiro atoms. The zero-order valence-corrected chi connectivity index (χ0v) is 13.5. The number of rotatable bonds is 6. The minimum absolute atomic E-state index is 0.0143. The minimum Gasteiger partial charge on any atom is -0.338 e. The Kier molecular flexibility index (Phi) is 6.92. The fourth-order valence-electron chi connectivity index (χ4n) is 1.79. The fraction of sp³-hybridized carbons (Fsp3) is 0.533. The molecule has 0 saturated heterocycles. The van der Waals surface area contributed by atoms with Gasteiger partial charge in [0.25, 0.3) is 0 Å². The molecule has 0 atom stereocenters. The van der Waals surface area contributed by atoms with Gasteiger partial charge in [0.15, 0.2) is 0 Å². The Labute approximate surface area is 124 Å². The molecule has 0 saturated carbocycles. The van der Waals surface area contributed by atoms with Crippen LogP contribution in [0.4, 0.5) is 4.79 Å². The van der Waals surface area contributed by atoms with Crippen molar-refractivity contribution in [3.8, 4) is 0 Å². The second-order valence-electron chi connectivity index (χ2n) is 5.22. The Morgan fingerprint density at radius 2 is 2.05 bits per heavy atom. The van der Waals surface area contributed by atoms with Gasteiger partial charge in [-0.3, -0.25) is 0 Å². The van der Waals surface area contributed by atoms with Crippen molar-refractivity contribution in [2.75, 3.05) is 13.6 Å². The van der Waals surface area contributed by atoms with Crippen LogP contribution in [-0.2, 0) is 6.54 Å². The van der Waals surface area contributed by atoms with Gasteiger partial charge in [-0.2, -0.15) is 0 Å². The van der Waals surface area contributed by atoms with Crippen LogP contribution in [0.2, 0.25) is 0 Å². The van der Waals surface area contributed by atoms with Crippen LogP contribution in [0.3, 0.4) is 0 Å². The van der Waals surface area contributed by atoms with Crippen molar-refractivity contribution in [1.29, 1.82) is 0 Å². The van der Waals surface area contributed by atoms with E-state index in [4.69, 9.17) is 0 Å². The van der Waals surface area contributed by atoms with Crippen LogP contribution < -0.4 is 5.32 Å². The lowest BCUT2D eigenvalue weighted by Gasteiger charge is -2.19. The number of urea groups is 1. The van der Waals surface area contributed by atoms with Crippen molar-refractivity contribution in [2.24, 2.45) is 5.92 Å². The topological polar surface area (TPSA) is 32.3 Å². The molecule has 2 amide bonds. The van der Waals surface area contributed by atoms with Crippen molar-refractivity contribution in [1.82, 2.24) is 10.2 Å². The normalized spacial score (nSPS) is 10.6. The number of nitrogens with zero attached hydrogens (tertiary/aromatic N) is 1. The standard InChI is InChI=1S/C15H23BrN2O/c1-12(2)7-6-10-17-15(19)18(3)11-13-8-4-5-9-14(13)16/h4-5,8-9,12H,6-7,10-11H2,1-3H3,(H,17,19). The monoisotopic (exact) mass is 326 g/mol. The highest BCUT2D eigenvalue weighted by Gasteiger charge is 2.09. The molecule has 1 N–H and O–H groups in total. The van der Waals surface area contributed by atoms with Gasteiger partial charge in [0.05, 0.1) is 0 Å². The first-order chi connectivity index (χ1) is 9.00. The van der Waals surface area contributed by atoms with Gasteiger partial charge in [-0.05, 0) is 30.4 Å². The molecule has 0 aliphatic rings. The van der Waals surface area contributed by atoms with E-state index in [2.05, 4.69) is 35.1 Å². The summed E-state index contributed by atoms with van der Waals surface area (Å²) in [6.07, 6.45) is 2.18. The highest BCUT2D eigenvalue weighted by molar-refractivity contribution is 9.10. The Balaban J connectivity index is 2.35. The molecule has 0 bridgehead atoms. The zero-order valence-electron chi connectivity index (χ0n) is 11.9. The summed E-state index contributed by atoms with van der Waals surface area (Å²) in [4.78, 5) is 13.6. The van der Waals surface area contributed by atoms with Crippen LogP contribution >= 0.6 is 15.9 Å². The summed E-state index contributed by atoms with van der Waals surface area (Å²) < 4.78 is 1.04. The van der Waals surface area contributed by atoms with E-state index in [1.807, 2.05) is 31.3 Å². The maximum absolute atomic E-state index is 11.9. The molecule has 1 aromatic rings. The van der Waals surface area contributed by atoms with Gasteiger partial charge in [0.2, 0.25) is 0 Å². The zero-order chi connectivity index (χ0) is 14.3. The average Bonchev–Trinajstić information content (AvgIpc) is 2.36. The number of carbonyl (C=O) groups excluding carboxylic acids is 1. The third-order valence-electron chi connectivity index (χ3n) is 2.95. The lowest BCUT2D eigenvalue weighted by molar-refractivity contribution is 0.206. The molecular formula is C15H23BrN2O. The summed E-state index contributed by atoms with van der Waals surface area (Å²) in [5, 5.41) is 2.95. The minimum atomic E-state index is -0.0143. The predicted molar refractivity (Wildman–Crippen MR) is 83.1 cm³/mol. The quantitative estimate of drug-likeness (QED) is 0.786. The molecule has 1 aromatic carbocycles. The average molecular weight is 327 g/mol. The number of amides is 2. The first kappa shape index (κ1) is 16.0. The van der Waals surface area contributed by atoms with Crippen molar-refractivity contribution in [3.05, 3.63) is 34.3 Å². The number of halogens is 1. The maximum atomic E-state index is 11.9. The number of carbonyl (C=O) groups is 1. The second-order valence-corrected chi connectivity index (χ2v) is 6.07. The van der Waals surface area contributed by atoms with E-state index in [1.54, 1.807) is 4.90 Å². The van der Waals surface area contributed by atoms with E-state index in [0.717, 1.165) is 29.4 Å². The fourth-order valence-corrected chi connectivity index (χ4v) is 2.20. The molecule has 0 radical (unpaired) electrons. The van der Waals surface area contributed by atoms with E-state index in [1.165, 1.54) is 0 Å². The summed E-state index contributed by atoms with van der Waals surface area (Å²) in [6, 6.07) is 7.95. The van der Waals surface area contributed by atoms with Gasteiger partial charge in [0.1, 0.15) is 0 Å². The van der Waals surface area contributed by atoms with Gasteiger partial charge < -0.3 is 10.2 Å². The van der Waals surface area contributed by atoms with E-state index >= 15 is 0 Å². The van der Waals surface area contributed by atoms with Crippen LogP contribution in [-0.4, -0.2) is 24.5 Å². The smallest absolute Gasteiger partial charge is 0.317 e. The molecule has 0 fully saturated rings. The summed E-state index contributed by atoms with van der Waals surface area (Å²) in [6.45, 7) is 5.75. The van der Waals surface area contributed by atoms with E-state index in [9.17, 15) is 4.79 Å². The van der Waals surface area contributed by atoms with Crippen molar-refractivity contribution in [3.63, 3.8) is 0 Å². The third kappa shape index (κ3) is 6.10. The van der Waals surface area contributed by atoms with Gasteiger partial charge in [0, 0.05) is 24.6 Å². The Bertz CT molecular complexity index is 407. The molecule has 3 nitrogen and oxygen atoms in total. The molecule has 0 aliphatic carbocycles. The van der Waals surface area contributed by atoms with Gasteiger partial charge in [-0.15, -0.1) is 0 Å². The predicted octanol–water partition coefficient (Wildman–Crippen LogP) is 4.03. The molecule has 0 aliphatic heterocycles. The van der Waals surface area contributed by atoms with E-state index < -0.39 is 0 Å². The van der Waals surface area contributed by atoms with Crippen LogP contribution in [0.1, 0.15) is 32.3 Å². The first-order valence-corrected chi connectivity index (χ1v) is 7.52. The van der Waals surface area contributed by atoms with E-state index in [-0.39, 0.29) is 6.03 Å². The highest BCUT2D eigenvalue weighted by Crippen LogP contribution is 2.17. The number of benzene rings is 1. The van der Waals surface area contributed by atoms with Crippen molar-refractivity contribution < 1.29 is 4.79 Å². The van der Waals surface area contributed by atoms with Crippen molar-refractivity contribution in [2.45, 2.75) is 33.2 Å².